The van der Waals surface area contributed by atoms with Crippen molar-refractivity contribution in [2.75, 3.05) is 6.54 Å². The van der Waals surface area contributed by atoms with Crippen molar-refractivity contribution in [3.05, 3.63) is 48.0 Å². The summed E-state index contributed by atoms with van der Waals surface area (Å²) in [6, 6.07) is 11.7. The molecule has 0 fully saturated rings. The Labute approximate surface area is 135 Å². The van der Waals surface area contributed by atoms with Crippen LogP contribution in [0.4, 0.5) is 8.78 Å². The molecule has 0 spiro atoms. The summed E-state index contributed by atoms with van der Waals surface area (Å²) in [5, 5.41) is 2.86. The van der Waals surface area contributed by atoms with Crippen LogP contribution in [-0.4, -0.2) is 28.6 Å². The van der Waals surface area contributed by atoms with Gasteiger partial charge in [-0.05, 0) is 36.4 Å². The van der Waals surface area contributed by atoms with Gasteiger partial charge in [0.05, 0.1) is 16.6 Å². The highest BCUT2D eigenvalue weighted by Crippen LogP contribution is 2.29. The molecular weight excluding hydrogens is 316 g/mol. The van der Waals surface area contributed by atoms with E-state index in [1.807, 2.05) is 10.6 Å². The number of benzene rings is 2. The fraction of sp³-hybridized carbons (Fsp3) is 0.176. The Balaban J connectivity index is 1.84. The fourth-order valence-corrected chi connectivity index (χ4v) is 2.97. The molecule has 3 aromatic rings. The van der Waals surface area contributed by atoms with E-state index in [0.717, 1.165) is 16.6 Å². The van der Waals surface area contributed by atoms with Crippen molar-refractivity contribution >= 4 is 16.9 Å². The SMILES string of the molecule is O=C1NCCn2c(-c3ccc(OC(F)F)cc3)nc3cccc1c32. The maximum atomic E-state index is 12.3. The summed E-state index contributed by atoms with van der Waals surface area (Å²) < 4.78 is 30.9. The second-order valence-electron chi connectivity index (χ2n) is 5.42. The number of hydrogen-bond acceptors (Lipinski definition) is 3. The summed E-state index contributed by atoms with van der Waals surface area (Å²) in [7, 11) is 0. The van der Waals surface area contributed by atoms with Crippen LogP contribution in [0.15, 0.2) is 42.5 Å². The molecular formula is C17H13F2N3O2. The zero-order valence-corrected chi connectivity index (χ0v) is 12.5. The molecule has 7 heteroatoms. The van der Waals surface area contributed by atoms with E-state index >= 15 is 0 Å². The molecule has 122 valence electrons. The lowest BCUT2D eigenvalue weighted by Crippen LogP contribution is -2.24. The summed E-state index contributed by atoms with van der Waals surface area (Å²) in [4.78, 5) is 16.8. The Kier molecular flexibility index (Phi) is 3.41. The molecule has 4 rings (SSSR count). The van der Waals surface area contributed by atoms with Gasteiger partial charge in [-0.15, -0.1) is 0 Å². The maximum absolute atomic E-state index is 12.3. The summed E-state index contributed by atoms with van der Waals surface area (Å²) in [6.45, 7) is -1.77. The number of amides is 1. The second kappa shape index (κ2) is 5.59. The molecule has 2 heterocycles. The third-order valence-corrected chi connectivity index (χ3v) is 3.97. The highest BCUT2D eigenvalue weighted by Gasteiger charge is 2.21. The number of nitrogens with one attached hydrogen (secondary N) is 1. The Morgan fingerprint density at radius 3 is 2.71 bits per heavy atom. The lowest BCUT2D eigenvalue weighted by atomic mass is 10.1. The minimum absolute atomic E-state index is 0.0956. The lowest BCUT2D eigenvalue weighted by molar-refractivity contribution is -0.0498. The molecule has 0 aliphatic carbocycles. The van der Waals surface area contributed by atoms with Crippen LogP contribution in [0.2, 0.25) is 0 Å². The van der Waals surface area contributed by atoms with E-state index in [1.165, 1.54) is 12.1 Å². The lowest BCUT2D eigenvalue weighted by Gasteiger charge is -2.08. The van der Waals surface area contributed by atoms with Crippen molar-refractivity contribution < 1.29 is 18.3 Å². The van der Waals surface area contributed by atoms with Crippen LogP contribution in [0, 0.1) is 0 Å². The molecule has 0 saturated heterocycles. The number of carbonyl (C=O) groups excluding carboxylic acids is 1. The van der Waals surface area contributed by atoms with Crippen molar-refractivity contribution in [1.29, 1.82) is 0 Å². The highest BCUT2D eigenvalue weighted by molar-refractivity contribution is 6.06. The van der Waals surface area contributed by atoms with Crippen LogP contribution in [0.1, 0.15) is 10.4 Å². The molecule has 1 amide bonds. The number of para-hydroxylation sites is 1. The average molecular weight is 329 g/mol. The first-order valence-corrected chi connectivity index (χ1v) is 7.46. The molecule has 2 aromatic carbocycles. The number of alkyl halides is 2. The highest BCUT2D eigenvalue weighted by atomic mass is 19.3. The van der Waals surface area contributed by atoms with Crippen molar-refractivity contribution in [3.63, 3.8) is 0 Å². The van der Waals surface area contributed by atoms with Crippen LogP contribution in [0.3, 0.4) is 0 Å². The number of carbonyl (C=O) groups is 1. The summed E-state index contributed by atoms with van der Waals surface area (Å²) in [5.41, 5.74) is 2.87. The minimum atomic E-state index is -2.85. The van der Waals surface area contributed by atoms with Gasteiger partial charge in [0, 0.05) is 18.7 Å². The van der Waals surface area contributed by atoms with E-state index in [-0.39, 0.29) is 11.7 Å². The summed E-state index contributed by atoms with van der Waals surface area (Å²) in [6.07, 6.45) is 0. The summed E-state index contributed by atoms with van der Waals surface area (Å²) >= 11 is 0. The molecule has 1 aliphatic rings. The Bertz CT molecular complexity index is 919. The van der Waals surface area contributed by atoms with E-state index in [1.54, 1.807) is 24.3 Å². The average Bonchev–Trinajstić information content (AvgIpc) is 2.84. The molecule has 0 bridgehead atoms. The normalized spacial score (nSPS) is 13.9. The summed E-state index contributed by atoms with van der Waals surface area (Å²) in [5.74, 6) is 0.669. The number of aromatic nitrogens is 2. The van der Waals surface area contributed by atoms with Crippen LogP contribution in [0.25, 0.3) is 22.4 Å². The number of ether oxygens (including phenoxy) is 1. The smallest absolute Gasteiger partial charge is 0.387 e. The molecule has 1 N–H and O–H groups in total. The van der Waals surface area contributed by atoms with E-state index in [0.29, 0.717) is 24.5 Å². The molecule has 1 aromatic heterocycles. The standard InChI is InChI=1S/C17H13F2N3O2/c18-17(19)24-11-6-4-10(5-7-11)15-21-13-3-1-2-12-14(13)22(15)9-8-20-16(12)23/h1-7,17H,8-9H2,(H,20,23). The van der Waals surface area contributed by atoms with Gasteiger partial charge in [0.2, 0.25) is 0 Å². The maximum Gasteiger partial charge on any atom is 0.387 e. The topological polar surface area (TPSA) is 56.2 Å². The monoisotopic (exact) mass is 329 g/mol. The molecule has 0 unspecified atom stereocenters. The van der Waals surface area contributed by atoms with Gasteiger partial charge in [-0.1, -0.05) is 6.07 Å². The molecule has 0 atom stereocenters. The van der Waals surface area contributed by atoms with Gasteiger partial charge in [-0.3, -0.25) is 4.79 Å². The Hall–Kier alpha value is -2.96. The number of rotatable bonds is 3. The molecule has 5 nitrogen and oxygen atoms in total. The zero-order valence-electron chi connectivity index (χ0n) is 12.5. The van der Waals surface area contributed by atoms with Gasteiger partial charge in [-0.2, -0.15) is 8.78 Å². The molecule has 1 aliphatic heterocycles. The first-order valence-electron chi connectivity index (χ1n) is 7.46. The van der Waals surface area contributed by atoms with Gasteiger partial charge in [0.25, 0.3) is 5.91 Å². The van der Waals surface area contributed by atoms with Crippen molar-refractivity contribution in [1.82, 2.24) is 14.9 Å². The third kappa shape index (κ3) is 2.38. The fourth-order valence-electron chi connectivity index (χ4n) is 2.97. The largest absolute Gasteiger partial charge is 0.435 e. The third-order valence-electron chi connectivity index (χ3n) is 3.97. The number of imidazole rings is 1. The predicted octanol–water partition coefficient (Wildman–Crippen LogP) is 3.05. The van der Waals surface area contributed by atoms with Gasteiger partial charge < -0.3 is 14.6 Å². The van der Waals surface area contributed by atoms with E-state index in [2.05, 4.69) is 15.0 Å². The number of nitrogens with zero attached hydrogens (tertiary/aromatic N) is 2. The predicted molar refractivity (Wildman–Crippen MR) is 84.1 cm³/mol. The van der Waals surface area contributed by atoms with Gasteiger partial charge in [0.1, 0.15) is 11.6 Å². The minimum Gasteiger partial charge on any atom is -0.435 e. The van der Waals surface area contributed by atoms with Crippen molar-refractivity contribution in [2.45, 2.75) is 13.2 Å². The number of hydrogen-bond donors (Lipinski definition) is 1. The van der Waals surface area contributed by atoms with Gasteiger partial charge >= 0.3 is 6.61 Å². The van der Waals surface area contributed by atoms with Gasteiger partial charge in [0.15, 0.2) is 0 Å². The molecule has 0 radical (unpaired) electrons. The van der Waals surface area contributed by atoms with E-state index in [9.17, 15) is 13.6 Å². The number of halogens is 2. The van der Waals surface area contributed by atoms with Crippen molar-refractivity contribution in [3.8, 4) is 17.1 Å². The Morgan fingerprint density at radius 1 is 1.17 bits per heavy atom. The van der Waals surface area contributed by atoms with Crippen LogP contribution in [-0.2, 0) is 6.54 Å². The van der Waals surface area contributed by atoms with Crippen LogP contribution < -0.4 is 10.1 Å². The van der Waals surface area contributed by atoms with Crippen LogP contribution in [0.5, 0.6) is 5.75 Å². The first kappa shape index (κ1) is 14.6. The quantitative estimate of drug-likeness (QED) is 0.803. The van der Waals surface area contributed by atoms with Gasteiger partial charge in [-0.25, -0.2) is 4.98 Å². The van der Waals surface area contributed by atoms with Crippen LogP contribution >= 0.6 is 0 Å². The second-order valence-corrected chi connectivity index (χ2v) is 5.42. The Morgan fingerprint density at radius 2 is 1.96 bits per heavy atom. The van der Waals surface area contributed by atoms with E-state index in [4.69, 9.17) is 0 Å². The van der Waals surface area contributed by atoms with Crippen molar-refractivity contribution in [2.24, 2.45) is 0 Å². The first-order chi connectivity index (χ1) is 11.6. The molecule has 24 heavy (non-hydrogen) atoms. The van der Waals surface area contributed by atoms with E-state index < -0.39 is 6.61 Å². The zero-order chi connectivity index (χ0) is 16.7. The molecule has 0 saturated carbocycles.